The average molecular weight is 270 g/mol. The highest BCUT2D eigenvalue weighted by Crippen LogP contribution is 2.31. The third kappa shape index (κ3) is 2.68. The summed E-state index contributed by atoms with van der Waals surface area (Å²) >= 11 is 7.63. The fourth-order valence-electron chi connectivity index (χ4n) is 1.52. The maximum atomic E-state index is 5.95. The molecule has 0 amide bonds. The third-order valence-electron chi connectivity index (χ3n) is 2.31. The van der Waals surface area contributed by atoms with Gasteiger partial charge in [0, 0.05) is 13.6 Å². The largest absolute Gasteiger partial charge is 0.490 e. The van der Waals surface area contributed by atoms with Crippen LogP contribution in [0, 0.1) is 0 Å². The fourth-order valence-corrected chi connectivity index (χ4v) is 2.39. The number of nitrogens with zero attached hydrogens (tertiary/aromatic N) is 3. The van der Waals surface area contributed by atoms with E-state index in [1.807, 2.05) is 17.3 Å². The molecule has 0 radical (unpaired) electrons. The van der Waals surface area contributed by atoms with E-state index in [1.54, 1.807) is 18.4 Å². The van der Waals surface area contributed by atoms with E-state index < -0.39 is 0 Å². The molecule has 0 aromatic carbocycles. The molecular weight excluding hydrogens is 258 g/mol. The lowest BCUT2D eigenvalue weighted by molar-refractivity contribution is 0.411. The molecular formula is C11H12ClN3OS. The van der Waals surface area contributed by atoms with Gasteiger partial charge in [-0.2, -0.15) is 11.3 Å². The lowest BCUT2D eigenvalue weighted by atomic mass is 10.3. The van der Waals surface area contributed by atoms with Gasteiger partial charge in [-0.05, 0) is 22.4 Å². The van der Waals surface area contributed by atoms with Crippen LogP contribution in [0.1, 0.15) is 5.56 Å². The molecule has 0 spiro atoms. The number of halogens is 1. The Labute approximate surface area is 109 Å². The molecule has 0 saturated carbocycles. The molecule has 2 aromatic heterocycles. The number of ether oxygens (including phenoxy) is 1. The minimum atomic E-state index is 0.328. The summed E-state index contributed by atoms with van der Waals surface area (Å²) in [6.45, 7) is 0.757. The Hall–Kier alpha value is -1.33. The number of rotatable bonds is 4. The number of hydrogen-bond donors (Lipinski definition) is 0. The molecule has 0 fully saturated rings. The van der Waals surface area contributed by atoms with Crippen LogP contribution in [0.4, 0.5) is 5.82 Å². The molecule has 0 bridgehead atoms. The van der Waals surface area contributed by atoms with Crippen molar-refractivity contribution in [3.8, 4) is 5.75 Å². The predicted octanol–water partition coefficient (Wildman–Crippen LogP) is 2.84. The molecule has 0 saturated heterocycles. The Morgan fingerprint density at radius 2 is 2.29 bits per heavy atom. The summed E-state index contributed by atoms with van der Waals surface area (Å²) in [6, 6.07) is 2.08. The Morgan fingerprint density at radius 3 is 2.94 bits per heavy atom. The van der Waals surface area contributed by atoms with Crippen LogP contribution in [0.5, 0.6) is 5.75 Å². The van der Waals surface area contributed by atoms with Gasteiger partial charge in [-0.25, -0.2) is 9.97 Å². The van der Waals surface area contributed by atoms with Crippen molar-refractivity contribution < 1.29 is 4.74 Å². The first-order valence-corrected chi connectivity index (χ1v) is 6.31. The first kappa shape index (κ1) is 12.1. The van der Waals surface area contributed by atoms with Gasteiger partial charge in [-0.1, -0.05) is 11.6 Å². The van der Waals surface area contributed by atoms with E-state index in [4.69, 9.17) is 16.3 Å². The maximum Gasteiger partial charge on any atom is 0.199 e. The van der Waals surface area contributed by atoms with Crippen LogP contribution in [0.15, 0.2) is 23.2 Å². The van der Waals surface area contributed by atoms with Gasteiger partial charge < -0.3 is 9.64 Å². The normalized spacial score (nSPS) is 10.3. The van der Waals surface area contributed by atoms with Crippen molar-refractivity contribution in [2.75, 3.05) is 19.1 Å². The van der Waals surface area contributed by atoms with E-state index in [1.165, 1.54) is 11.9 Å². The molecule has 2 aromatic rings. The zero-order chi connectivity index (χ0) is 12.3. The zero-order valence-electron chi connectivity index (χ0n) is 9.55. The Kier molecular flexibility index (Phi) is 3.81. The summed E-state index contributed by atoms with van der Waals surface area (Å²) in [5, 5.41) is 4.48. The van der Waals surface area contributed by atoms with E-state index in [0.29, 0.717) is 16.7 Å². The van der Waals surface area contributed by atoms with E-state index in [0.717, 1.165) is 6.54 Å². The molecule has 0 aliphatic heterocycles. The van der Waals surface area contributed by atoms with Gasteiger partial charge in [0.05, 0.1) is 7.11 Å². The van der Waals surface area contributed by atoms with E-state index in [9.17, 15) is 0 Å². The number of anilines is 1. The SMILES string of the molecule is COc1c(Cl)ncnc1N(C)Cc1ccsc1. The van der Waals surface area contributed by atoms with Crippen LogP contribution in [0.2, 0.25) is 5.15 Å². The van der Waals surface area contributed by atoms with E-state index >= 15 is 0 Å². The molecule has 90 valence electrons. The Morgan fingerprint density at radius 1 is 1.47 bits per heavy atom. The van der Waals surface area contributed by atoms with Crippen LogP contribution < -0.4 is 9.64 Å². The minimum Gasteiger partial charge on any atom is -0.490 e. The summed E-state index contributed by atoms with van der Waals surface area (Å²) in [5.74, 6) is 1.20. The minimum absolute atomic E-state index is 0.328. The zero-order valence-corrected chi connectivity index (χ0v) is 11.1. The van der Waals surface area contributed by atoms with Gasteiger partial charge in [-0.15, -0.1) is 0 Å². The van der Waals surface area contributed by atoms with Crippen LogP contribution >= 0.6 is 22.9 Å². The van der Waals surface area contributed by atoms with Gasteiger partial charge in [0.25, 0.3) is 0 Å². The molecule has 0 aliphatic rings. The third-order valence-corrected chi connectivity index (χ3v) is 3.31. The highest BCUT2D eigenvalue weighted by molar-refractivity contribution is 7.07. The van der Waals surface area contributed by atoms with Crippen molar-refractivity contribution in [3.63, 3.8) is 0 Å². The molecule has 0 N–H and O–H groups in total. The summed E-state index contributed by atoms with van der Waals surface area (Å²) in [4.78, 5) is 10.1. The molecule has 6 heteroatoms. The van der Waals surface area contributed by atoms with Gasteiger partial charge in [0.2, 0.25) is 0 Å². The second-order valence-electron chi connectivity index (χ2n) is 3.51. The first-order chi connectivity index (χ1) is 8.22. The Balaban J connectivity index is 2.24. The highest BCUT2D eigenvalue weighted by Gasteiger charge is 2.14. The lowest BCUT2D eigenvalue weighted by Gasteiger charge is -2.19. The van der Waals surface area contributed by atoms with Gasteiger partial charge in [0.1, 0.15) is 6.33 Å². The van der Waals surface area contributed by atoms with Crippen molar-refractivity contribution in [2.24, 2.45) is 0 Å². The monoisotopic (exact) mass is 269 g/mol. The molecule has 0 atom stereocenters. The van der Waals surface area contributed by atoms with E-state index in [2.05, 4.69) is 21.4 Å². The van der Waals surface area contributed by atoms with Crippen molar-refractivity contribution in [3.05, 3.63) is 33.9 Å². The molecule has 0 unspecified atom stereocenters. The summed E-state index contributed by atoms with van der Waals surface area (Å²) in [5.41, 5.74) is 1.23. The number of aromatic nitrogens is 2. The standard InChI is InChI=1S/C11H12ClN3OS/c1-15(5-8-3-4-17-6-8)11-9(16-2)10(12)13-7-14-11/h3-4,6-7H,5H2,1-2H3. The van der Waals surface area contributed by atoms with Crippen LogP contribution in [0.3, 0.4) is 0 Å². The van der Waals surface area contributed by atoms with Crippen LogP contribution in [-0.4, -0.2) is 24.1 Å². The van der Waals surface area contributed by atoms with Crippen molar-refractivity contribution in [1.82, 2.24) is 9.97 Å². The summed E-state index contributed by atoms with van der Waals surface area (Å²) in [6.07, 6.45) is 1.43. The van der Waals surface area contributed by atoms with Crippen molar-refractivity contribution >= 4 is 28.8 Å². The Bertz CT molecular complexity index is 489. The number of hydrogen-bond acceptors (Lipinski definition) is 5. The van der Waals surface area contributed by atoms with Gasteiger partial charge in [-0.3, -0.25) is 0 Å². The predicted molar refractivity (Wildman–Crippen MR) is 70.0 cm³/mol. The summed E-state index contributed by atoms with van der Waals surface area (Å²) < 4.78 is 5.22. The maximum absolute atomic E-state index is 5.95. The first-order valence-electron chi connectivity index (χ1n) is 4.99. The second-order valence-corrected chi connectivity index (χ2v) is 4.65. The fraction of sp³-hybridized carbons (Fsp3) is 0.273. The molecule has 2 heterocycles. The molecule has 17 heavy (non-hydrogen) atoms. The smallest absolute Gasteiger partial charge is 0.199 e. The quantitative estimate of drug-likeness (QED) is 0.800. The number of methoxy groups -OCH3 is 1. The van der Waals surface area contributed by atoms with Crippen LogP contribution in [-0.2, 0) is 6.54 Å². The second kappa shape index (κ2) is 5.33. The average Bonchev–Trinajstić information content (AvgIpc) is 2.81. The summed E-state index contributed by atoms with van der Waals surface area (Å²) in [7, 11) is 3.51. The molecule has 4 nitrogen and oxygen atoms in total. The van der Waals surface area contributed by atoms with Crippen molar-refractivity contribution in [2.45, 2.75) is 6.54 Å². The lowest BCUT2D eigenvalue weighted by Crippen LogP contribution is -2.18. The van der Waals surface area contributed by atoms with E-state index in [-0.39, 0.29) is 0 Å². The molecule has 2 rings (SSSR count). The highest BCUT2D eigenvalue weighted by atomic mass is 35.5. The number of thiophene rings is 1. The van der Waals surface area contributed by atoms with Gasteiger partial charge >= 0.3 is 0 Å². The molecule has 0 aliphatic carbocycles. The topological polar surface area (TPSA) is 38.3 Å². The van der Waals surface area contributed by atoms with Gasteiger partial charge in [0.15, 0.2) is 16.7 Å². The van der Waals surface area contributed by atoms with Crippen LogP contribution in [0.25, 0.3) is 0 Å². The van der Waals surface area contributed by atoms with Crippen molar-refractivity contribution in [1.29, 1.82) is 0 Å².